The van der Waals surface area contributed by atoms with Crippen LogP contribution in [-0.4, -0.2) is 49.0 Å². The zero-order chi connectivity index (χ0) is 16.1. The predicted molar refractivity (Wildman–Crippen MR) is 40.4 cm³/mol. The molecule has 0 heterocycles. The highest BCUT2D eigenvalue weighted by molar-refractivity contribution is 5.15. The van der Waals surface area contributed by atoms with E-state index in [9.17, 15) is 48.3 Å². The summed E-state index contributed by atoms with van der Waals surface area (Å²) in [5, 5.41) is 0. The first-order valence-corrected chi connectivity index (χ1v) is 4.74. The Labute approximate surface area is 103 Å². The highest BCUT2D eigenvalue weighted by atomic mass is 19.4. The van der Waals surface area contributed by atoms with Crippen molar-refractivity contribution in [3.63, 3.8) is 0 Å². The molecule has 12 heteroatoms. The molecule has 0 amide bonds. The summed E-state index contributed by atoms with van der Waals surface area (Å²) in [5.74, 6) is -23.0. The first-order chi connectivity index (χ1) is 8.69. The molecule has 0 aliphatic heterocycles. The van der Waals surface area contributed by atoms with E-state index in [2.05, 4.69) is 4.74 Å². The monoisotopic (exact) mass is 326 g/mol. The van der Waals surface area contributed by atoms with Gasteiger partial charge < -0.3 is 4.74 Å². The molecule has 0 bridgehead atoms. The van der Waals surface area contributed by atoms with E-state index in [4.69, 9.17) is 0 Å². The normalized spacial score (nSPS) is 31.8. The van der Waals surface area contributed by atoms with Crippen molar-refractivity contribution < 1.29 is 53.0 Å². The van der Waals surface area contributed by atoms with Gasteiger partial charge >= 0.3 is 30.1 Å². The van der Waals surface area contributed by atoms with E-state index in [0.29, 0.717) is 0 Å². The van der Waals surface area contributed by atoms with Gasteiger partial charge in [-0.15, -0.1) is 0 Å². The smallest absolute Gasteiger partial charge is 0.362 e. The zero-order valence-corrected chi connectivity index (χ0v) is 9.01. The van der Waals surface area contributed by atoms with E-state index in [1.54, 1.807) is 0 Å². The molecule has 1 nitrogen and oxygen atoms in total. The Hall–Kier alpha value is -0.810. The Bertz CT molecular complexity index is 365. The minimum atomic E-state index is -6.20. The Kier molecular flexibility index (Phi) is 3.96. The quantitative estimate of drug-likeness (QED) is 0.718. The molecule has 0 spiro atoms. The van der Waals surface area contributed by atoms with Crippen LogP contribution in [0, 0.1) is 0 Å². The second-order valence-electron chi connectivity index (χ2n) is 4.02. The molecule has 120 valence electrons. The van der Waals surface area contributed by atoms with Gasteiger partial charge in [-0.3, -0.25) is 0 Å². The van der Waals surface area contributed by atoms with Crippen LogP contribution >= 0.6 is 0 Å². The number of alkyl halides is 11. The minimum Gasteiger partial charge on any atom is -0.362 e. The van der Waals surface area contributed by atoms with Crippen molar-refractivity contribution in [2.75, 3.05) is 6.61 Å². The molecule has 0 N–H and O–H groups in total. The standard InChI is InChI=1S/C8H5F11O/c9-2-3(20-1-5(12,13)4(10)11)7(16,17)8(18,19)6(2,14)15/h2-4H,1H2/t2-,3+/m0/s1. The zero-order valence-electron chi connectivity index (χ0n) is 9.01. The van der Waals surface area contributed by atoms with Gasteiger partial charge in [0, 0.05) is 0 Å². The van der Waals surface area contributed by atoms with Crippen molar-refractivity contribution in [2.45, 2.75) is 42.4 Å². The summed E-state index contributed by atoms with van der Waals surface area (Å²) < 4.78 is 140. The highest BCUT2D eigenvalue weighted by Gasteiger charge is 2.86. The molecule has 1 fully saturated rings. The van der Waals surface area contributed by atoms with Crippen molar-refractivity contribution in [3.8, 4) is 0 Å². The fourth-order valence-corrected chi connectivity index (χ4v) is 1.40. The maximum atomic E-state index is 12.9. The van der Waals surface area contributed by atoms with Gasteiger partial charge in [0.25, 0.3) is 0 Å². The van der Waals surface area contributed by atoms with Crippen molar-refractivity contribution >= 4 is 0 Å². The lowest BCUT2D eigenvalue weighted by Crippen LogP contribution is -2.50. The van der Waals surface area contributed by atoms with E-state index in [-0.39, 0.29) is 0 Å². The molecule has 1 aliphatic rings. The third-order valence-electron chi connectivity index (χ3n) is 2.58. The number of hydrogen-bond donors (Lipinski definition) is 0. The number of halogens is 11. The summed E-state index contributed by atoms with van der Waals surface area (Å²) in [6.07, 6.45) is -12.7. The molecule has 1 aliphatic carbocycles. The lowest BCUT2D eigenvalue weighted by molar-refractivity contribution is -0.289. The van der Waals surface area contributed by atoms with Crippen LogP contribution in [0.4, 0.5) is 48.3 Å². The first-order valence-electron chi connectivity index (χ1n) is 4.74. The maximum absolute atomic E-state index is 12.9. The number of ether oxygens (including phenoxy) is 1. The summed E-state index contributed by atoms with van der Waals surface area (Å²) in [4.78, 5) is 0. The minimum absolute atomic E-state index is 2.61. The van der Waals surface area contributed by atoms with E-state index < -0.39 is 49.0 Å². The van der Waals surface area contributed by atoms with Crippen LogP contribution in [0.5, 0.6) is 0 Å². The lowest BCUT2D eigenvalue weighted by atomic mass is 10.2. The molecular formula is C8H5F11O. The molecule has 1 rings (SSSR count). The van der Waals surface area contributed by atoms with Crippen LogP contribution < -0.4 is 0 Å². The third kappa shape index (κ3) is 2.21. The summed E-state index contributed by atoms with van der Waals surface area (Å²) in [5.41, 5.74) is 0. The summed E-state index contributed by atoms with van der Waals surface area (Å²) in [6, 6.07) is 0. The Morgan fingerprint density at radius 2 is 1.40 bits per heavy atom. The maximum Gasteiger partial charge on any atom is 0.377 e. The number of rotatable bonds is 4. The van der Waals surface area contributed by atoms with Gasteiger partial charge in [-0.25, -0.2) is 13.2 Å². The van der Waals surface area contributed by atoms with E-state index in [1.807, 2.05) is 0 Å². The van der Waals surface area contributed by atoms with Gasteiger partial charge in [0.2, 0.25) is 6.17 Å². The average molecular weight is 326 g/mol. The molecule has 1 saturated carbocycles. The van der Waals surface area contributed by atoms with Crippen molar-refractivity contribution in [1.82, 2.24) is 0 Å². The van der Waals surface area contributed by atoms with Gasteiger partial charge in [0.1, 0.15) is 6.61 Å². The van der Waals surface area contributed by atoms with E-state index in [0.717, 1.165) is 0 Å². The summed E-state index contributed by atoms with van der Waals surface area (Å²) >= 11 is 0. The average Bonchev–Trinajstić information content (AvgIpc) is 2.34. The molecular weight excluding hydrogens is 321 g/mol. The van der Waals surface area contributed by atoms with Crippen molar-refractivity contribution in [3.05, 3.63) is 0 Å². The molecule has 0 aromatic carbocycles. The van der Waals surface area contributed by atoms with E-state index in [1.165, 1.54) is 0 Å². The van der Waals surface area contributed by atoms with Crippen molar-refractivity contribution in [2.24, 2.45) is 0 Å². The van der Waals surface area contributed by atoms with E-state index >= 15 is 0 Å². The Morgan fingerprint density at radius 3 is 1.70 bits per heavy atom. The van der Waals surface area contributed by atoms with Gasteiger partial charge in [0.05, 0.1) is 0 Å². The van der Waals surface area contributed by atoms with Crippen LogP contribution in [0.2, 0.25) is 0 Å². The number of hydrogen-bond acceptors (Lipinski definition) is 1. The second-order valence-corrected chi connectivity index (χ2v) is 4.02. The first kappa shape index (κ1) is 17.2. The van der Waals surface area contributed by atoms with Crippen molar-refractivity contribution in [1.29, 1.82) is 0 Å². The summed E-state index contributed by atoms with van der Waals surface area (Å²) in [7, 11) is 0. The van der Waals surface area contributed by atoms with Gasteiger partial charge in [0.15, 0.2) is 6.10 Å². The lowest BCUT2D eigenvalue weighted by Gasteiger charge is -2.25. The topological polar surface area (TPSA) is 9.23 Å². The van der Waals surface area contributed by atoms with Gasteiger partial charge in [-0.1, -0.05) is 0 Å². The molecule has 2 atom stereocenters. The second kappa shape index (κ2) is 4.60. The summed E-state index contributed by atoms with van der Waals surface area (Å²) in [6.45, 7) is -2.61. The molecule has 0 radical (unpaired) electrons. The molecule has 0 unspecified atom stereocenters. The van der Waals surface area contributed by atoms with Crippen LogP contribution in [-0.2, 0) is 4.74 Å². The molecule has 0 aromatic rings. The molecule has 20 heavy (non-hydrogen) atoms. The SMILES string of the molecule is FC(F)C(F)(F)CO[C@@H]1[C@H](F)C(F)(F)C(F)(F)C1(F)F. The van der Waals surface area contributed by atoms with Crippen LogP contribution in [0.25, 0.3) is 0 Å². The fourth-order valence-electron chi connectivity index (χ4n) is 1.40. The largest absolute Gasteiger partial charge is 0.377 e. The van der Waals surface area contributed by atoms with Crippen LogP contribution in [0.15, 0.2) is 0 Å². The molecule has 0 aromatic heterocycles. The molecule has 0 saturated heterocycles. The van der Waals surface area contributed by atoms with Crippen LogP contribution in [0.3, 0.4) is 0 Å². The Morgan fingerprint density at radius 1 is 0.950 bits per heavy atom. The Balaban J connectivity index is 2.97. The predicted octanol–water partition coefficient (Wildman–Crippen LogP) is 3.53. The fraction of sp³-hybridized carbons (Fsp3) is 1.00. The van der Waals surface area contributed by atoms with Gasteiger partial charge in [-0.05, 0) is 0 Å². The highest BCUT2D eigenvalue weighted by Crippen LogP contribution is 2.58. The third-order valence-corrected chi connectivity index (χ3v) is 2.58. The van der Waals surface area contributed by atoms with Gasteiger partial charge in [-0.2, -0.15) is 35.1 Å². The van der Waals surface area contributed by atoms with Crippen LogP contribution in [0.1, 0.15) is 0 Å².